The zero-order valence-corrected chi connectivity index (χ0v) is 11.2. The predicted molar refractivity (Wildman–Crippen MR) is 69.6 cm³/mol. The quantitative estimate of drug-likeness (QED) is 0.625. The minimum absolute atomic E-state index is 0.257. The summed E-state index contributed by atoms with van der Waals surface area (Å²) < 4.78 is 5.72. The third-order valence-electron chi connectivity index (χ3n) is 4.23. The Bertz CT molecular complexity index is 378. The molecule has 1 atom stereocenters. The lowest BCUT2D eigenvalue weighted by Crippen LogP contribution is -2.35. The van der Waals surface area contributed by atoms with Crippen molar-refractivity contribution in [2.75, 3.05) is 0 Å². The van der Waals surface area contributed by atoms with Crippen LogP contribution in [0.25, 0.3) is 0 Å². The average molecular weight is 236 g/mol. The van der Waals surface area contributed by atoms with Crippen molar-refractivity contribution >= 4 is 0 Å². The third kappa shape index (κ3) is 2.40. The van der Waals surface area contributed by atoms with Crippen LogP contribution in [0.5, 0.6) is 0 Å². The molecule has 1 aromatic rings. The molecule has 3 N–H and O–H groups in total. The van der Waals surface area contributed by atoms with Gasteiger partial charge in [0.15, 0.2) is 0 Å². The number of furan rings is 1. The van der Waals surface area contributed by atoms with Crippen LogP contribution in [0.15, 0.2) is 4.42 Å². The topological polar surface area (TPSA) is 51.2 Å². The molecule has 1 unspecified atom stereocenters. The fourth-order valence-electron chi connectivity index (χ4n) is 3.19. The monoisotopic (exact) mass is 236 g/mol. The Hall–Kier alpha value is -0.800. The highest BCUT2D eigenvalue weighted by Crippen LogP contribution is 2.37. The zero-order valence-electron chi connectivity index (χ0n) is 11.2. The average Bonchev–Trinajstić information content (AvgIpc) is 2.58. The van der Waals surface area contributed by atoms with E-state index in [1.807, 2.05) is 13.8 Å². The summed E-state index contributed by atoms with van der Waals surface area (Å²) in [5, 5.41) is 0. The van der Waals surface area contributed by atoms with Crippen LogP contribution in [-0.2, 0) is 0 Å². The second-order valence-corrected chi connectivity index (χ2v) is 5.30. The smallest absolute Gasteiger partial charge is 0.106 e. The minimum Gasteiger partial charge on any atom is -0.466 e. The van der Waals surface area contributed by atoms with Crippen LogP contribution in [0.1, 0.15) is 60.8 Å². The van der Waals surface area contributed by atoms with E-state index in [4.69, 9.17) is 10.3 Å². The van der Waals surface area contributed by atoms with E-state index >= 15 is 0 Å². The van der Waals surface area contributed by atoms with E-state index in [2.05, 4.69) is 12.3 Å². The van der Waals surface area contributed by atoms with Crippen LogP contribution in [0, 0.1) is 26.7 Å². The third-order valence-corrected chi connectivity index (χ3v) is 4.23. The van der Waals surface area contributed by atoms with Crippen molar-refractivity contribution in [3.8, 4) is 0 Å². The van der Waals surface area contributed by atoms with Gasteiger partial charge in [-0.3, -0.25) is 11.3 Å². The molecule has 1 aliphatic carbocycles. The van der Waals surface area contributed by atoms with Gasteiger partial charge in [0.05, 0.1) is 6.04 Å². The number of nitrogens with two attached hydrogens (primary N) is 1. The van der Waals surface area contributed by atoms with Gasteiger partial charge in [-0.05, 0) is 45.1 Å². The molecule has 0 radical (unpaired) electrons. The standard InChI is InChI=1S/C14H24N2O/c1-9-10(2)17-11(3)13(9)14(16-15)12-7-5-4-6-8-12/h12,14,16H,4-8,15H2,1-3H3. The largest absolute Gasteiger partial charge is 0.466 e. The Balaban J connectivity index is 2.27. The highest BCUT2D eigenvalue weighted by molar-refractivity contribution is 5.34. The van der Waals surface area contributed by atoms with Crippen molar-refractivity contribution in [2.24, 2.45) is 11.8 Å². The first-order valence-electron chi connectivity index (χ1n) is 6.67. The van der Waals surface area contributed by atoms with Gasteiger partial charge in [-0.15, -0.1) is 0 Å². The number of hydrazine groups is 1. The van der Waals surface area contributed by atoms with E-state index in [9.17, 15) is 0 Å². The van der Waals surface area contributed by atoms with Crippen molar-refractivity contribution in [2.45, 2.75) is 58.9 Å². The van der Waals surface area contributed by atoms with Crippen molar-refractivity contribution in [1.29, 1.82) is 0 Å². The second-order valence-electron chi connectivity index (χ2n) is 5.30. The molecule has 0 amide bonds. The molecule has 1 aromatic heterocycles. The van der Waals surface area contributed by atoms with Crippen LogP contribution in [0.2, 0.25) is 0 Å². The number of hydrogen-bond acceptors (Lipinski definition) is 3. The molecule has 0 saturated heterocycles. The maximum atomic E-state index is 5.79. The van der Waals surface area contributed by atoms with Crippen LogP contribution >= 0.6 is 0 Å². The van der Waals surface area contributed by atoms with Crippen molar-refractivity contribution < 1.29 is 4.42 Å². The lowest BCUT2D eigenvalue weighted by atomic mass is 9.80. The van der Waals surface area contributed by atoms with Gasteiger partial charge in [0.1, 0.15) is 11.5 Å². The summed E-state index contributed by atoms with van der Waals surface area (Å²) in [4.78, 5) is 0. The second kappa shape index (κ2) is 5.23. The summed E-state index contributed by atoms with van der Waals surface area (Å²) >= 11 is 0. The van der Waals surface area contributed by atoms with E-state index in [-0.39, 0.29) is 6.04 Å². The molecule has 1 saturated carbocycles. The minimum atomic E-state index is 0.257. The highest BCUT2D eigenvalue weighted by atomic mass is 16.3. The Morgan fingerprint density at radius 3 is 2.24 bits per heavy atom. The van der Waals surface area contributed by atoms with Gasteiger partial charge in [-0.25, -0.2) is 0 Å². The summed E-state index contributed by atoms with van der Waals surface area (Å²) in [5.41, 5.74) is 5.57. The van der Waals surface area contributed by atoms with Gasteiger partial charge in [-0.2, -0.15) is 0 Å². The van der Waals surface area contributed by atoms with Crippen molar-refractivity contribution in [3.05, 3.63) is 22.6 Å². The molecule has 1 fully saturated rings. The van der Waals surface area contributed by atoms with E-state index < -0.39 is 0 Å². The van der Waals surface area contributed by atoms with Crippen LogP contribution < -0.4 is 11.3 Å². The van der Waals surface area contributed by atoms with E-state index in [1.54, 1.807) is 0 Å². The molecule has 0 aromatic carbocycles. The van der Waals surface area contributed by atoms with Crippen LogP contribution in [0.3, 0.4) is 0 Å². The van der Waals surface area contributed by atoms with Gasteiger partial charge in [0.2, 0.25) is 0 Å². The Morgan fingerprint density at radius 2 is 1.76 bits per heavy atom. The molecular weight excluding hydrogens is 212 g/mol. The van der Waals surface area contributed by atoms with E-state index in [0.29, 0.717) is 5.92 Å². The molecule has 1 heterocycles. The van der Waals surface area contributed by atoms with Crippen LogP contribution in [0.4, 0.5) is 0 Å². The fraction of sp³-hybridized carbons (Fsp3) is 0.714. The Kier molecular flexibility index (Phi) is 3.89. The maximum absolute atomic E-state index is 5.79. The molecule has 96 valence electrons. The fourth-order valence-corrected chi connectivity index (χ4v) is 3.19. The predicted octanol–water partition coefficient (Wildman–Crippen LogP) is 3.29. The molecule has 17 heavy (non-hydrogen) atoms. The molecule has 3 nitrogen and oxygen atoms in total. The van der Waals surface area contributed by atoms with E-state index in [0.717, 1.165) is 11.5 Å². The highest BCUT2D eigenvalue weighted by Gasteiger charge is 2.28. The van der Waals surface area contributed by atoms with Gasteiger partial charge in [0.25, 0.3) is 0 Å². The maximum Gasteiger partial charge on any atom is 0.106 e. The first-order valence-corrected chi connectivity index (χ1v) is 6.67. The Labute approximate surface area is 104 Å². The van der Waals surface area contributed by atoms with Gasteiger partial charge < -0.3 is 4.42 Å². The van der Waals surface area contributed by atoms with Gasteiger partial charge >= 0.3 is 0 Å². The molecule has 0 bridgehead atoms. The first-order chi connectivity index (χ1) is 8.15. The molecular formula is C14H24N2O. The lowest BCUT2D eigenvalue weighted by Gasteiger charge is -2.30. The molecule has 3 heteroatoms. The molecule has 0 aliphatic heterocycles. The number of hydrogen-bond donors (Lipinski definition) is 2. The van der Waals surface area contributed by atoms with Crippen molar-refractivity contribution in [1.82, 2.24) is 5.43 Å². The van der Waals surface area contributed by atoms with E-state index in [1.165, 1.54) is 43.2 Å². The number of aryl methyl sites for hydroxylation is 2. The zero-order chi connectivity index (χ0) is 12.4. The first kappa shape index (κ1) is 12.7. The summed E-state index contributed by atoms with van der Waals surface area (Å²) in [6.07, 6.45) is 6.58. The molecule has 2 rings (SSSR count). The summed E-state index contributed by atoms with van der Waals surface area (Å²) in [6, 6.07) is 0.257. The summed E-state index contributed by atoms with van der Waals surface area (Å²) in [7, 11) is 0. The Morgan fingerprint density at radius 1 is 1.12 bits per heavy atom. The van der Waals surface area contributed by atoms with Crippen LogP contribution in [-0.4, -0.2) is 0 Å². The van der Waals surface area contributed by atoms with Crippen molar-refractivity contribution in [3.63, 3.8) is 0 Å². The summed E-state index contributed by atoms with van der Waals surface area (Å²) in [6.45, 7) is 6.21. The number of rotatable bonds is 3. The number of nitrogens with one attached hydrogen (secondary N) is 1. The SMILES string of the molecule is Cc1oc(C)c(C(NN)C2CCCCC2)c1C. The normalized spacial score (nSPS) is 19.5. The molecule has 1 aliphatic rings. The van der Waals surface area contributed by atoms with Gasteiger partial charge in [0, 0.05) is 5.56 Å². The summed E-state index contributed by atoms with van der Waals surface area (Å²) in [5.74, 6) is 8.49. The molecule has 0 spiro atoms. The van der Waals surface area contributed by atoms with Gasteiger partial charge in [-0.1, -0.05) is 19.3 Å². The lowest BCUT2D eigenvalue weighted by molar-refractivity contribution is 0.271.